The Bertz CT molecular complexity index is 259. The number of carbonyl (C=O) groups is 1. The smallest absolute Gasteiger partial charge is 0.321 e. The van der Waals surface area contributed by atoms with Crippen LogP contribution in [-0.4, -0.2) is 27.7 Å². The van der Waals surface area contributed by atoms with Crippen molar-refractivity contribution >= 4 is 17.7 Å². The number of nitrogens with one attached hydrogen (secondary N) is 1. The van der Waals surface area contributed by atoms with Gasteiger partial charge < -0.3 is 5.11 Å². The molecule has 0 bridgehead atoms. The first-order chi connectivity index (χ1) is 7.01. The predicted octanol–water partition coefficient (Wildman–Crippen LogP) is 1.93. The van der Waals surface area contributed by atoms with Crippen LogP contribution in [0.2, 0.25) is 0 Å². The molecule has 86 valence electrons. The number of hydrogen-bond donors (Lipinski definition) is 2. The quantitative estimate of drug-likeness (QED) is 0.721. The molecule has 1 saturated carbocycles. The fraction of sp³-hybridized carbons (Fsp3) is 0.909. The Morgan fingerprint density at radius 3 is 2.47 bits per heavy atom. The Morgan fingerprint density at radius 1 is 1.40 bits per heavy atom. The molecule has 15 heavy (non-hydrogen) atoms. The molecular formula is C11H19NO2S. The summed E-state index contributed by atoms with van der Waals surface area (Å²) in [5, 5.41) is 12.3. The fourth-order valence-electron chi connectivity index (χ4n) is 3.08. The van der Waals surface area contributed by atoms with Crippen LogP contribution in [0.15, 0.2) is 0 Å². The predicted molar refractivity (Wildman–Crippen MR) is 61.9 cm³/mol. The van der Waals surface area contributed by atoms with Gasteiger partial charge in [-0.2, -0.15) is 0 Å². The Balaban J connectivity index is 2.05. The SMILES string of the molecule is CC1CC(C)CC2(C1)N[C@@H](C(=O)O)CS2. The van der Waals surface area contributed by atoms with Crippen LogP contribution in [-0.2, 0) is 4.79 Å². The van der Waals surface area contributed by atoms with Gasteiger partial charge in [-0.3, -0.25) is 10.1 Å². The third kappa shape index (κ3) is 2.31. The zero-order valence-corrected chi connectivity index (χ0v) is 10.1. The maximum Gasteiger partial charge on any atom is 0.321 e. The summed E-state index contributed by atoms with van der Waals surface area (Å²) < 4.78 is 0. The molecule has 0 aromatic carbocycles. The van der Waals surface area contributed by atoms with Crippen LogP contribution < -0.4 is 5.32 Å². The van der Waals surface area contributed by atoms with E-state index in [-0.39, 0.29) is 10.9 Å². The first kappa shape index (κ1) is 11.3. The zero-order chi connectivity index (χ0) is 11.1. The van der Waals surface area contributed by atoms with E-state index in [0.29, 0.717) is 11.8 Å². The van der Waals surface area contributed by atoms with E-state index in [2.05, 4.69) is 19.2 Å². The van der Waals surface area contributed by atoms with Crippen molar-refractivity contribution in [2.24, 2.45) is 11.8 Å². The summed E-state index contributed by atoms with van der Waals surface area (Å²) in [5.41, 5.74) is 0. The first-order valence-electron chi connectivity index (χ1n) is 5.65. The minimum atomic E-state index is -0.703. The highest BCUT2D eigenvalue weighted by Gasteiger charge is 2.45. The van der Waals surface area contributed by atoms with Crippen molar-refractivity contribution < 1.29 is 9.90 Å². The van der Waals surface area contributed by atoms with Crippen molar-refractivity contribution in [3.8, 4) is 0 Å². The van der Waals surface area contributed by atoms with Gasteiger partial charge in [0.2, 0.25) is 0 Å². The van der Waals surface area contributed by atoms with E-state index in [1.165, 1.54) is 6.42 Å². The van der Waals surface area contributed by atoms with Crippen molar-refractivity contribution in [2.75, 3.05) is 5.75 Å². The molecule has 4 heteroatoms. The molecule has 1 aliphatic carbocycles. The monoisotopic (exact) mass is 229 g/mol. The van der Waals surface area contributed by atoms with E-state index in [9.17, 15) is 4.79 Å². The summed E-state index contributed by atoms with van der Waals surface area (Å²) in [6.07, 6.45) is 3.51. The summed E-state index contributed by atoms with van der Waals surface area (Å²) >= 11 is 1.82. The maximum atomic E-state index is 10.9. The van der Waals surface area contributed by atoms with Crippen LogP contribution >= 0.6 is 11.8 Å². The van der Waals surface area contributed by atoms with E-state index in [0.717, 1.165) is 18.6 Å². The van der Waals surface area contributed by atoms with Gasteiger partial charge in [-0.05, 0) is 31.1 Å². The molecule has 3 atom stereocenters. The number of hydrogen-bond acceptors (Lipinski definition) is 3. The standard InChI is InChI=1S/C11H19NO2S/c1-7-3-8(2)5-11(4-7)12-9(6-15-11)10(13)14/h7-9,12H,3-6H2,1-2H3,(H,13,14)/t7?,8?,9-,11?/m1/s1. The first-order valence-corrected chi connectivity index (χ1v) is 6.64. The third-order valence-corrected chi connectivity index (χ3v) is 4.93. The van der Waals surface area contributed by atoms with Crippen molar-refractivity contribution in [3.63, 3.8) is 0 Å². The molecule has 0 aromatic rings. The number of carboxylic acid groups (broad SMARTS) is 1. The molecule has 2 aliphatic rings. The molecule has 2 rings (SSSR count). The van der Waals surface area contributed by atoms with Crippen molar-refractivity contribution in [1.29, 1.82) is 0 Å². The lowest BCUT2D eigenvalue weighted by Gasteiger charge is -2.40. The summed E-state index contributed by atoms with van der Waals surface area (Å²) in [5.74, 6) is 1.43. The van der Waals surface area contributed by atoms with Crippen LogP contribution in [0.1, 0.15) is 33.1 Å². The molecule has 0 amide bonds. The second kappa shape index (κ2) is 3.98. The van der Waals surface area contributed by atoms with Gasteiger partial charge in [0.1, 0.15) is 6.04 Å². The van der Waals surface area contributed by atoms with Gasteiger partial charge in [0.15, 0.2) is 0 Å². The van der Waals surface area contributed by atoms with Gasteiger partial charge in [0, 0.05) is 5.75 Å². The minimum Gasteiger partial charge on any atom is -0.480 e. The molecule has 2 N–H and O–H groups in total. The topological polar surface area (TPSA) is 49.3 Å². The molecule has 1 spiro atoms. The van der Waals surface area contributed by atoms with E-state index in [1.54, 1.807) is 0 Å². The lowest BCUT2D eigenvalue weighted by molar-refractivity contribution is -0.139. The second-order valence-electron chi connectivity index (χ2n) is 5.19. The minimum absolute atomic E-state index is 0.0557. The highest BCUT2D eigenvalue weighted by Crippen LogP contribution is 2.46. The average molecular weight is 229 g/mol. The van der Waals surface area contributed by atoms with E-state index >= 15 is 0 Å². The molecule has 1 aliphatic heterocycles. The van der Waals surface area contributed by atoms with E-state index < -0.39 is 5.97 Å². The average Bonchev–Trinajstić information content (AvgIpc) is 2.46. The maximum absolute atomic E-state index is 10.9. The lowest BCUT2D eigenvalue weighted by Crippen LogP contribution is -2.48. The Hall–Kier alpha value is -0.220. The summed E-state index contributed by atoms with van der Waals surface area (Å²) in [6, 6.07) is -0.340. The van der Waals surface area contributed by atoms with Crippen molar-refractivity contribution in [1.82, 2.24) is 5.32 Å². The largest absolute Gasteiger partial charge is 0.480 e. The summed E-state index contributed by atoms with van der Waals surface area (Å²) in [6.45, 7) is 4.54. The Labute approximate surface area is 95.0 Å². The molecule has 1 heterocycles. The van der Waals surface area contributed by atoms with Crippen LogP contribution in [0.25, 0.3) is 0 Å². The summed E-state index contributed by atoms with van der Waals surface area (Å²) in [7, 11) is 0. The highest BCUT2D eigenvalue weighted by atomic mass is 32.2. The van der Waals surface area contributed by atoms with E-state index in [4.69, 9.17) is 5.11 Å². The van der Waals surface area contributed by atoms with Crippen LogP contribution in [0, 0.1) is 11.8 Å². The van der Waals surface area contributed by atoms with Crippen LogP contribution in [0.5, 0.6) is 0 Å². The number of aliphatic carboxylic acids is 1. The van der Waals surface area contributed by atoms with Gasteiger partial charge in [-0.25, -0.2) is 0 Å². The zero-order valence-electron chi connectivity index (χ0n) is 9.32. The number of thioether (sulfide) groups is 1. The fourth-order valence-corrected chi connectivity index (χ4v) is 4.82. The third-order valence-electron chi connectivity index (χ3n) is 3.42. The highest BCUT2D eigenvalue weighted by molar-refractivity contribution is 8.00. The molecule has 1 saturated heterocycles. The molecule has 3 nitrogen and oxygen atoms in total. The molecular weight excluding hydrogens is 210 g/mol. The molecule has 2 fully saturated rings. The summed E-state index contributed by atoms with van der Waals surface area (Å²) in [4.78, 5) is 11.0. The lowest BCUT2D eigenvalue weighted by atomic mass is 9.80. The Kier molecular flexibility index (Phi) is 2.99. The van der Waals surface area contributed by atoms with Gasteiger partial charge in [-0.15, -0.1) is 11.8 Å². The number of carboxylic acids is 1. The van der Waals surface area contributed by atoms with Gasteiger partial charge in [0.25, 0.3) is 0 Å². The van der Waals surface area contributed by atoms with Gasteiger partial charge in [-0.1, -0.05) is 13.8 Å². The van der Waals surface area contributed by atoms with Crippen LogP contribution in [0.4, 0.5) is 0 Å². The van der Waals surface area contributed by atoms with Crippen molar-refractivity contribution in [3.05, 3.63) is 0 Å². The molecule has 2 unspecified atom stereocenters. The van der Waals surface area contributed by atoms with Gasteiger partial charge >= 0.3 is 5.97 Å². The normalized spacial score (nSPS) is 45.9. The molecule has 0 radical (unpaired) electrons. The number of rotatable bonds is 1. The van der Waals surface area contributed by atoms with Crippen molar-refractivity contribution in [2.45, 2.75) is 44.0 Å². The van der Waals surface area contributed by atoms with E-state index in [1.807, 2.05) is 11.8 Å². The Morgan fingerprint density at radius 2 is 2.00 bits per heavy atom. The van der Waals surface area contributed by atoms with Crippen LogP contribution in [0.3, 0.4) is 0 Å². The van der Waals surface area contributed by atoms with Gasteiger partial charge in [0.05, 0.1) is 4.87 Å². The second-order valence-corrected chi connectivity index (χ2v) is 6.60. The molecule has 0 aromatic heterocycles.